The number of unbranched alkanes of at least 4 members (excludes halogenated alkanes) is 1. The fraction of sp³-hybridized carbons (Fsp3) is 0.524. The Morgan fingerprint density at radius 1 is 1.36 bits per heavy atom. The number of carbonyl (C=O) groups is 2. The number of nitrogens with zero attached hydrogens (tertiary/aromatic N) is 1. The van der Waals surface area contributed by atoms with Crippen LogP contribution in [0.3, 0.4) is 0 Å². The summed E-state index contributed by atoms with van der Waals surface area (Å²) in [6, 6.07) is 6.82. The summed E-state index contributed by atoms with van der Waals surface area (Å²) in [6.07, 6.45) is 2.31. The van der Waals surface area contributed by atoms with Gasteiger partial charge in [-0.1, -0.05) is 43.1 Å². The van der Waals surface area contributed by atoms with E-state index in [-0.39, 0.29) is 24.8 Å². The third-order valence-electron chi connectivity index (χ3n) is 5.19. The molecule has 0 saturated carbocycles. The van der Waals surface area contributed by atoms with E-state index < -0.39 is 12.1 Å². The smallest absolute Gasteiger partial charge is 0.310 e. The van der Waals surface area contributed by atoms with Gasteiger partial charge >= 0.3 is 5.97 Å². The number of ether oxygens (including phenoxy) is 2. The second-order valence-corrected chi connectivity index (χ2v) is 8.11. The van der Waals surface area contributed by atoms with Crippen LogP contribution in [0.4, 0.5) is 0 Å². The minimum Gasteiger partial charge on any atom is -0.461 e. The molecule has 0 bridgehead atoms. The molecular formula is C21H26ClNO4S. The lowest BCUT2D eigenvalue weighted by atomic mass is 9.95. The number of rotatable bonds is 8. The highest BCUT2D eigenvalue weighted by molar-refractivity contribution is 7.84. The molecule has 28 heavy (non-hydrogen) atoms. The van der Waals surface area contributed by atoms with Crippen LogP contribution in [0, 0.1) is 0 Å². The standard InChI is InChI=1S/C21H26ClNO4S/c1-2-3-10-26-17-12-23-9-8-18(28)15(20(23)21(17)25)11-19(24)27-13-14-6-4-5-7-16(14)22/h4-7,17,20,28H,2-3,8-13H2,1H3. The Kier molecular flexibility index (Phi) is 7.57. The van der Waals surface area contributed by atoms with Gasteiger partial charge in [-0.15, -0.1) is 12.6 Å². The van der Waals surface area contributed by atoms with E-state index in [0.29, 0.717) is 18.2 Å². The molecule has 0 N–H and O–H groups in total. The van der Waals surface area contributed by atoms with E-state index >= 15 is 0 Å². The molecular weight excluding hydrogens is 398 g/mol. The third kappa shape index (κ3) is 4.98. The van der Waals surface area contributed by atoms with Crippen molar-refractivity contribution in [3.05, 3.63) is 45.3 Å². The number of hydrogen-bond donors (Lipinski definition) is 1. The van der Waals surface area contributed by atoms with Gasteiger partial charge in [0.05, 0.1) is 12.5 Å². The first kappa shape index (κ1) is 21.4. The summed E-state index contributed by atoms with van der Waals surface area (Å²) in [5.41, 5.74) is 1.49. The summed E-state index contributed by atoms with van der Waals surface area (Å²) in [6.45, 7) is 4.11. The number of hydrogen-bond acceptors (Lipinski definition) is 6. The molecule has 3 rings (SSSR count). The van der Waals surface area contributed by atoms with Crippen molar-refractivity contribution >= 4 is 36.0 Å². The molecule has 0 aromatic heterocycles. The molecule has 2 heterocycles. The van der Waals surface area contributed by atoms with Gasteiger partial charge in [0.15, 0.2) is 5.78 Å². The first-order chi connectivity index (χ1) is 13.5. The van der Waals surface area contributed by atoms with E-state index in [0.717, 1.165) is 41.8 Å². The normalized spacial score (nSPS) is 22.5. The van der Waals surface area contributed by atoms with Crippen LogP contribution in [0.5, 0.6) is 0 Å². The molecule has 0 aliphatic carbocycles. The van der Waals surface area contributed by atoms with Crippen molar-refractivity contribution in [1.29, 1.82) is 0 Å². The van der Waals surface area contributed by atoms with Crippen LogP contribution in [0.2, 0.25) is 5.02 Å². The Labute approximate surface area is 176 Å². The maximum Gasteiger partial charge on any atom is 0.310 e. The molecule has 5 nitrogen and oxygen atoms in total. The molecule has 1 aromatic carbocycles. The van der Waals surface area contributed by atoms with E-state index in [1.165, 1.54) is 0 Å². The summed E-state index contributed by atoms with van der Waals surface area (Å²) < 4.78 is 11.2. The molecule has 2 aliphatic heterocycles. The average molecular weight is 424 g/mol. The minimum absolute atomic E-state index is 0.0243. The Balaban J connectivity index is 1.62. The molecule has 0 spiro atoms. The van der Waals surface area contributed by atoms with Crippen molar-refractivity contribution in [2.24, 2.45) is 0 Å². The van der Waals surface area contributed by atoms with Crippen LogP contribution in [0.1, 0.15) is 38.2 Å². The van der Waals surface area contributed by atoms with Crippen molar-refractivity contribution < 1.29 is 19.1 Å². The van der Waals surface area contributed by atoms with Crippen molar-refractivity contribution in [1.82, 2.24) is 4.90 Å². The number of halogens is 1. The number of Topliss-reactive ketones (excluding diaryl/α,β-unsaturated/α-hetero) is 1. The van der Waals surface area contributed by atoms with Crippen LogP contribution >= 0.6 is 24.2 Å². The van der Waals surface area contributed by atoms with Crippen molar-refractivity contribution in [2.45, 2.75) is 51.4 Å². The zero-order chi connectivity index (χ0) is 20.1. The molecule has 0 radical (unpaired) electrons. The van der Waals surface area contributed by atoms with Gasteiger partial charge in [0.1, 0.15) is 12.7 Å². The maximum atomic E-state index is 12.9. The Morgan fingerprint density at radius 2 is 2.14 bits per heavy atom. The quantitative estimate of drug-likeness (QED) is 0.391. The van der Waals surface area contributed by atoms with Crippen LogP contribution in [-0.4, -0.2) is 48.5 Å². The van der Waals surface area contributed by atoms with Gasteiger partial charge in [0.25, 0.3) is 0 Å². The summed E-state index contributed by atoms with van der Waals surface area (Å²) in [7, 11) is 0. The van der Waals surface area contributed by atoms with Gasteiger partial charge in [0, 0.05) is 30.3 Å². The van der Waals surface area contributed by atoms with Gasteiger partial charge in [-0.2, -0.15) is 0 Å². The van der Waals surface area contributed by atoms with Crippen LogP contribution in [-0.2, 0) is 25.7 Å². The summed E-state index contributed by atoms with van der Waals surface area (Å²) in [5, 5.41) is 0.561. The van der Waals surface area contributed by atoms with Gasteiger partial charge < -0.3 is 9.47 Å². The summed E-state index contributed by atoms with van der Waals surface area (Å²) >= 11 is 10.7. The topological polar surface area (TPSA) is 55.8 Å². The lowest BCUT2D eigenvalue weighted by Crippen LogP contribution is -2.40. The second-order valence-electron chi connectivity index (χ2n) is 7.16. The summed E-state index contributed by atoms with van der Waals surface area (Å²) in [5.74, 6) is -0.359. The van der Waals surface area contributed by atoms with E-state index in [1.54, 1.807) is 6.07 Å². The molecule has 0 amide bonds. The van der Waals surface area contributed by atoms with E-state index in [1.807, 2.05) is 18.2 Å². The predicted octanol–water partition coefficient (Wildman–Crippen LogP) is 3.80. The number of carbonyl (C=O) groups excluding carboxylic acids is 2. The number of fused-ring (bicyclic) bond motifs is 1. The van der Waals surface area contributed by atoms with Gasteiger partial charge in [-0.05, 0) is 29.4 Å². The Morgan fingerprint density at radius 3 is 2.89 bits per heavy atom. The molecule has 2 unspecified atom stereocenters. The second kappa shape index (κ2) is 9.92. The Hall–Kier alpha value is -1.34. The molecule has 2 aliphatic rings. The highest BCUT2D eigenvalue weighted by Crippen LogP contribution is 2.34. The van der Waals surface area contributed by atoms with Crippen molar-refractivity contribution in [3.8, 4) is 0 Å². The molecule has 2 atom stereocenters. The average Bonchev–Trinajstić information content (AvgIpc) is 3.00. The van der Waals surface area contributed by atoms with E-state index in [2.05, 4.69) is 24.5 Å². The molecule has 7 heteroatoms. The molecule has 1 fully saturated rings. The fourth-order valence-electron chi connectivity index (χ4n) is 3.63. The van der Waals surface area contributed by atoms with Gasteiger partial charge in [-0.25, -0.2) is 0 Å². The maximum absolute atomic E-state index is 12.9. The summed E-state index contributed by atoms with van der Waals surface area (Å²) in [4.78, 5) is 28.2. The van der Waals surface area contributed by atoms with E-state index in [9.17, 15) is 9.59 Å². The first-order valence-corrected chi connectivity index (χ1v) is 10.5. The molecule has 152 valence electrons. The van der Waals surface area contributed by atoms with Crippen LogP contribution < -0.4 is 0 Å². The van der Waals surface area contributed by atoms with Crippen molar-refractivity contribution in [2.75, 3.05) is 19.7 Å². The molecule has 1 saturated heterocycles. The van der Waals surface area contributed by atoms with Gasteiger partial charge in [-0.3, -0.25) is 14.5 Å². The number of esters is 1. The van der Waals surface area contributed by atoms with E-state index in [4.69, 9.17) is 21.1 Å². The number of benzene rings is 1. The zero-order valence-electron chi connectivity index (χ0n) is 16.0. The lowest BCUT2D eigenvalue weighted by molar-refractivity contribution is -0.144. The monoisotopic (exact) mass is 423 g/mol. The number of thiol groups is 1. The van der Waals surface area contributed by atoms with Crippen LogP contribution in [0.15, 0.2) is 34.7 Å². The third-order valence-corrected chi connectivity index (χ3v) is 6.07. The predicted molar refractivity (Wildman–Crippen MR) is 112 cm³/mol. The Bertz CT molecular complexity index is 767. The minimum atomic E-state index is -0.430. The lowest BCUT2D eigenvalue weighted by Gasteiger charge is -2.30. The zero-order valence-corrected chi connectivity index (χ0v) is 17.7. The highest BCUT2D eigenvalue weighted by Gasteiger charge is 2.45. The first-order valence-electron chi connectivity index (χ1n) is 9.70. The van der Waals surface area contributed by atoms with Crippen molar-refractivity contribution in [3.63, 3.8) is 0 Å². The van der Waals surface area contributed by atoms with Gasteiger partial charge in [0.2, 0.25) is 0 Å². The number of ketones is 1. The SMILES string of the molecule is CCCCOC1CN2CCC(S)=C(CC(=O)OCc3ccccc3Cl)C2C1=O. The highest BCUT2D eigenvalue weighted by atomic mass is 35.5. The largest absolute Gasteiger partial charge is 0.461 e. The fourth-order valence-corrected chi connectivity index (χ4v) is 4.12. The van der Waals surface area contributed by atoms with Crippen LogP contribution in [0.25, 0.3) is 0 Å². The molecule has 1 aromatic rings.